The summed E-state index contributed by atoms with van der Waals surface area (Å²) in [7, 11) is 0. The Morgan fingerprint density at radius 2 is 1.79 bits per heavy atom. The molecule has 0 atom stereocenters. The van der Waals surface area contributed by atoms with Crippen molar-refractivity contribution in [1.82, 2.24) is 0 Å². The number of benzene rings is 1. The first-order valence-electron chi connectivity index (χ1n) is 6.60. The van der Waals surface area contributed by atoms with Crippen LogP contribution in [0, 0.1) is 0 Å². The predicted molar refractivity (Wildman–Crippen MR) is 79.1 cm³/mol. The second-order valence-electron chi connectivity index (χ2n) is 4.17. The maximum Gasteiger partial charge on any atom is 0.188 e. The summed E-state index contributed by atoms with van der Waals surface area (Å²) >= 11 is 1.66. The number of ether oxygens (including phenoxy) is 2. The summed E-state index contributed by atoms with van der Waals surface area (Å²) in [6, 6.07) is 7.59. The lowest BCUT2D eigenvalue weighted by Crippen LogP contribution is -2.12. The maximum absolute atomic E-state index is 11.8. The molecule has 0 saturated carbocycles. The molecule has 0 spiro atoms. The summed E-state index contributed by atoms with van der Waals surface area (Å²) < 4.78 is 10.7. The standard InChI is InChI=1S/C15H22O3S/c1-3-4-9-17-10-11-18-12-15(16)13-5-7-14(19-2)8-6-13/h5-8H,3-4,9-12H2,1-2H3. The van der Waals surface area contributed by atoms with Gasteiger partial charge in [0.05, 0.1) is 13.2 Å². The van der Waals surface area contributed by atoms with Crippen LogP contribution in [0.15, 0.2) is 29.2 Å². The average molecular weight is 282 g/mol. The molecule has 1 rings (SSSR count). The van der Waals surface area contributed by atoms with Crippen molar-refractivity contribution in [3.05, 3.63) is 29.8 Å². The Morgan fingerprint density at radius 3 is 2.42 bits per heavy atom. The van der Waals surface area contributed by atoms with Crippen LogP contribution in [0.4, 0.5) is 0 Å². The van der Waals surface area contributed by atoms with Crippen LogP contribution >= 0.6 is 11.8 Å². The quantitative estimate of drug-likeness (QED) is 0.374. The van der Waals surface area contributed by atoms with Crippen LogP contribution in [0.25, 0.3) is 0 Å². The third-order valence-corrected chi connectivity index (χ3v) is 3.40. The van der Waals surface area contributed by atoms with Crippen LogP contribution in [0.5, 0.6) is 0 Å². The average Bonchev–Trinajstić information content (AvgIpc) is 2.46. The van der Waals surface area contributed by atoms with E-state index in [1.54, 1.807) is 11.8 Å². The lowest BCUT2D eigenvalue weighted by Gasteiger charge is -2.05. The van der Waals surface area contributed by atoms with Gasteiger partial charge in [-0.25, -0.2) is 0 Å². The molecule has 3 nitrogen and oxygen atoms in total. The molecule has 0 amide bonds. The van der Waals surface area contributed by atoms with Crippen LogP contribution in [-0.4, -0.2) is 38.5 Å². The molecule has 0 unspecified atom stereocenters. The SMILES string of the molecule is CCCCOCCOCC(=O)c1ccc(SC)cc1. The summed E-state index contributed by atoms with van der Waals surface area (Å²) in [5.41, 5.74) is 0.699. The molecular weight excluding hydrogens is 260 g/mol. The fraction of sp³-hybridized carbons (Fsp3) is 0.533. The van der Waals surface area contributed by atoms with Crippen molar-refractivity contribution in [2.24, 2.45) is 0 Å². The maximum atomic E-state index is 11.8. The molecule has 0 bridgehead atoms. The van der Waals surface area contributed by atoms with Crippen molar-refractivity contribution in [3.63, 3.8) is 0 Å². The number of ketones is 1. The third kappa shape index (κ3) is 6.76. The van der Waals surface area contributed by atoms with Crippen molar-refractivity contribution in [2.45, 2.75) is 24.7 Å². The van der Waals surface area contributed by atoms with E-state index in [-0.39, 0.29) is 12.4 Å². The van der Waals surface area contributed by atoms with Gasteiger partial charge in [0, 0.05) is 17.1 Å². The van der Waals surface area contributed by atoms with Gasteiger partial charge in [0.2, 0.25) is 0 Å². The van der Waals surface area contributed by atoms with Gasteiger partial charge < -0.3 is 9.47 Å². The first-order chi connectivity index (χ1) is 9.27. The highest BCUT2D eigenvalue weighted by atomic mass is 32.2. The number of hydrogen-bond donors (Lipinski definition) is 0. The number of rotatable bonds is 10. The van der Waals surface area contributed by atoms with Crippen LogP contribution in [0.3, 0.4) is 0 Å². The predicted octanol–water partition coefficient (Wildman–Crippen LogP) is 3.42. The van der Waals surface area contributed by atoms with E-state index in [1.807, 2.05) is 30.5 Å². The molecule has 0 aliphatic heterocycles. The highest BCUT2D eigenvalue weighted by Gasteiger charge is 2.05. The highest BCUT2D eigenvalue weighted by molar-refractivity contribution is 7.98. The number of Topliss-reactive ketones (excluding diaryl/α,β-unsaturated/α-hetero) is 1. The summed E-state index contributed by atoms with van der Waals surface area (Å²) in [5.74, 6) is 0.0150. The molecule has 0 N–H and O–H groups in total. The van der Waals surface area contributed by atoms with Gasteiger partial charge in [0.1, 0.15) is 6.61 Å². The molecule has 0 fully saturated rings. The minimum atomic E-state index is 0.0150. The number of hydrogen-bond acceptors (Lipinski definition) is 4. The van der Waals surface area contributed by atoms with E-state index < -0.39 is 0 Å². The van der Waals surface area contributed by atoms with Gasteiger partial charge in [-0.05, 0) is 24.8 Å². The van der Waals surface area contributed by atoms with Gasteiger partial charge in [-0.1, -0.05) is 25.5 Å². The van der Waals surface area contributed by atoms with E-state index in [0.717, 1.165) is 24.3 Å². The molecule has 0 radical (unpaired) electrons. The minimum Gasteiger partial charge on any atom is -0.379 e. The topological polar surface area (TPSA) is 35.5 Å². The van der Waals surface area contributed by atoms with Crippen LogP contribution in [0.1, 0.15) is 30.1 Å². The second kappa shape index (κ2) is 10.0. The molecule has 19 heavy (non-hydrogen) atoms. The zero-order valence-corrected chi connectivity index (χ0v) is 12.5. The van der Waals surface area contributed by atoms with Gasteiger partial charge >= 0.3 is 0 Å². The van der Waals surface area contributed by atoms with Crippen LogP contribution < -0.4 is 0 Å². The summed E-state index contributed by atoms with van der Waals surface area (Å²) in [6.45, 7) is 4.04. The van der Waals surface area contributed by atoms with Gasteiger partial charge in [-0.3, -0.25) is 4.79 Å². The number of thioether (sulfide) groups is 1. The van der Waals surface area contributed by atoms with E-state index in [1.165, 1.54) is 0 Å². The smallest absolute Gasteiger partial charge is 0.188 e. The third-order valence-electron chi connectivity index (χ3n) is 2.66. The highest BCUT2D eigenvalue weighted by Crippen LogP contribution is 2.15. The largest absolute Gasteiger partial charge is 0.379 e. The van der Waals surface area contributed by atoms with E-state index in [2.05, 4.69) is 6.92 Å². The zero-order chi connectivity index (χ0) is 13.9. The normalized spacial score (nSPS) is 10.6. The monoisotopic (exact) mass is 282 g/mol. The molecule has 1 aromatic rings. The van der Waals surface area contributed by atoms with Crippen molar-refractivity contribution < 1.29 is 14.3 Å². The summed E-state index contributed by atoms with van der Waals surface area (Å²) in [4.78, 5) is 13.0. The van der Waals surface area contributed by atoms with Crippen LogP contribution in [0.2, 0.25) is 0 Å². The number of unbranched alkanes of at least 4 members (excludes halogenated alkanes) is 1. The molecular formula is C15H22O3S. The molecule has 0 saturated heterocycles. The van der Waals surface area contributed by atoms with E-state index in [0.29, 0.717) is 18.8 Å². The van der Waals surface area contributed by atoms with Gasteiger partial charge in [-0.15, -0.1) is 11.8 Å². The minimum absolute atomic E-state index is 0.0150. The van der Waals surface area contributed by atoms with Gasteiger partial charge in [-0.2, -0.15) is 0 Å². The van der Waals surface area contributed by atoms with Crippen molar-refractivity contribution in [1.29, 1.82) is 0 Å². The fourth-order valence-corrected chi connectivity index (χ4v) is 1.90. The molecule has 0 aromatic heterocycles. The molecule has 0 aliphatic carbocycles. The molecule has 1 aromatic carbocycles. The van der Waals surface area contributed by atoms with Gasteiger partial charge in [0.15, 0.2) is 5.78 Å². The number of carbonyl (C=O) groups excluding carboxylic acids is 1. The zero-order valence-electron chi connectivity index (χ0n) is 11.7. The lowest BCUT2D eigenvalue weighted by atomic mass is 10.1. The Labute approximate surface area is 119 Å². The Morgan fingerprint density at radius 1 is 1.11 bits per heavy atom. The first-order valence-corrected chi connectivity index (χ1v) is 7.83. The molecule has 0 heterocycles. The van der Waals surface area contributed by atoms with E-state index in [4.69, 9.17) is 9.47 Å². The lowest BCUT2D eigenvalue weighted by molar-refractivity contribution is 0.0432. The Kier molecular flexibility index (Phi) is 8.54. The molecule has 4 heteroatoms. The van der Waals surface area contributed by atoms with Crippen LogP contribution in [-0.2, 0) is 9.47 Å². The molecule has 106 valence electrons. The first kappa shape index (κ1) is 16.2. The Balaban J connectivity index is 2.16. The second-order valence-corrected chi connectivity index (χ2v) is 5.05. The number of carbonyl (C=O) groups is 1. The van der Waals surface area contributed by atoms with E-state index in [9.17, 15) is 4.79 Å². The summed E-state index contributed by atoms with van der Waals surface area (Å²) in [5, 5.41) is 0. The van der Waals surface area contributed by atoms with Gasteiger partial charge in [0.25, 0.3) is 0 Å². The Hall–Kier alpha value is -0.840. The Bertz CT molecular complexity index is 362. The van der Waals surface area contributed by atoms with Crippen molar-refractivity contribution in [3.8, 4) is 0 Å². The summed E-state index contributed by atoms with van der Waals surface area (Å²) in [6.07, 6.45) is 4.21. The van der Waals surface area contributed by atoms with E-state index >= 15 is 0 Å². The fourth-order valence-electron chi connectivity index (χ4n) is 1.49. The van der Waals surface area contributed by atoms with Crippen molar-refractivity contribution in [2.75, 3.05) is 32.7 Å². The van der Waals surface area contributed by atoms with Crippen molar-refractivity contribution >= 4 is 17.5 Å². The molecule has 0 aliphatic rings.